The first-order valence-electron chi connectivity index (χ1n) is 14.2. The maximum absolute atomic E-state index is 14.3. The molecule has 2 saturated heterocycles. The molecule has 5 rings (SSSR count). The molecule has 0 unspecified atom stereocenters. The van der Waals surface area contributed by atoms with Crippen LogP contribution in [0.5, 0.6) is 0 Å². The van der Waals surface area contributed by atoms with Gasteiger partial charge in [-0.15, -0.1) is 0 Å². The van der Waals surface area contributed by atoms with Crippen LogP contribution in [-0.2, 0) is 37.7 Å². The van der Waals surface area contributed by atoms with E-state index in [1.165, 1.54) is 13.4 Å². The van der Waals surface area contributed by atoms with E-state index >= 15 is 0 Å². The van der Waals surface area contributed by atoms with Crippen molar-refractivity contribution in [3.05, 3.63) is 34.3 Å². The molecule has 0 radical (unpaired) electrons. The van der Waals surface area contributed by atoms with Crippen molar-refractivity contribution in [2.75, 3.05) is 34.0 Å². The number of methoxy groups -OCH3 is 2. The number of carbonyl (C=O) groups is 2. The lowest BCUT2D eigenvalue weighted by Gasteiger charge is -2.57. The van der Waals surface area contributed by atoms with Gasteiger partial charge in [0.25, 0.3) is 0 Å². The van der Waals surface area contributed by atoms with Gasteiger partial charge >= 0.3 is 5.97 Å². The van der Waals surface area contributed by atoms with Crippen molar-refractivity contribution in [2.45, 2.75) is 90.0 Å². The lowest BCUT2D eigenvalue weighted by atomic mass is 9.53. The summed E-state index contributed by atoms with van der Waals surface area (Å²) in [7, 11) is 0.565. The number of Topliss-reactive ketones (excluding diaryl/α,β-unsaturated/α-hetero) is 1. The van der Waals surface area contributed by atoms with Crippen molar-refractivity contribution in [1.29, 1.82) is 0 Å². The van der Waals surface area contributed by atoms with Crippen LogP contribution < -0.4 is 0 Å². The average molecular weight is 577 g/mol. The van der Waals surface area contributed by atoms with Gasteiger partial charge in [-0.05, 0) is 49.4 Å². The van der Waals surface area contributed by atoms with E-state index in [4.69, 9.17) is 28.1 Å². The molecular weight excluding hydrogens is 532 g/mol. The summed E-state index contributed by atoms with van der Waals surface area (Å²) in [5, 5.41) is 11.5. The summed E-state index contributed by atoms with van der Waals surface area (Å²) in [5.41, 5.74) is -0.114. The second-order valence-electron chi connectivity index (χ2n) is 13.7. The van der Waals surface area contributed by atoms with Gasteiger partial charge in [-0.25, -0.2) is 4.79 Å². The topological polar surface area (TPSA) is 110 Å². The highest BCUT2D eigenvalue weighted by Crippen LogP contribution is 2.67. The van der Waals surface area contributed by atoms with Crippen LogP contribution in [-0.4, -0.2) is 77.2 Å². The van der Waals surface area contributed by atoms with Gasteiger partial charge in [-0.3, -0.25) is 4.79 Å². The van der Waals surface area contributed by atoms with Crippen molar-refractivity contribution >= 4 is 20.1 Å². The number of esters is 1. The highest BCUT2D eigenvalue weighted by atomic mass is 28.4. The Labute approximate surface area is 238 Å². The number of rotatable bonds is 5. The third-order valence-corrected chi connectivity index (χ3v) is 15.2. The molecule has 5 atom stereocenters. The fourth-order valence-corrected chi connectivity index (χ4v) is 8.89. The number of ketones is 1. The molecule has 9 nitrogen and oxygen atoms in total. The minimum absolute atomic E-state index is 0.0273. The van der Waals surface area contributed by atoms with E-state index in [-0.39, 0.29) is 28.7 Å². The SMILES string of the molecule is CO/C=C1\C(=O)O[C@H](COC)[C@@]2(C)C1=C(O)C(=O)C1=C2[C@H](O[Si](C)(C)C(C)(C)C)C[C@@]2(C)[C@H]1CCC21OCCO1. The standard InChI is InChI=1S/C30H44O9Si/c1-27(2,3)40(8,9)39-19-14-28(4)18(10-11-30(28)36-12-13-37-30)21-23(19)29(5)20(16-35-7)38-26(33)17(15-34-6)22(29)25(32)24(21)31/h15,18-20,32H,10-14,16H2,1-9H3/b17-15-/t18-,19+,20+,28-,29-/m0/s1. The van der Waals surface area contributed by atoms with E-state index in [0.717, 1.165) is 5.57 Å². The summed E-state index contributed by atoms with van der Waals surface area (Å²) in [6, 6.07) is 0. The summed E-state index contributed by atoms with van der Waals surface area (Å²) in [6.07, 6.45) is 1.83. The first kappa shape index (κ1) is 29.5. The van der Waals surface area contributed by atoms with Crippen molar-refractivity contribution in [3.63, 3.8) is 0 Å². The van der Waals surface area contributed by atoms with Gasteiger partial charge in [0.2, 0.25) is 5.78 Å². The number of carbonyl (C=O) groups excluding carboxylic acids is 2. The number of aliphatic hydroxyl groups is 1. The van der Waals surface area contributed by atoms with Gasteiger partial charge in [-0.2, -0.15) is 0 Å². The number of hydrogen-bond acceptors (Lipinski definition) is 9. The summed E-state index contributed by atoms with van der Waals surface area (Å²) >= 11 is 0. The van der Waals surface area contributed by atoms with Gasteiger partial charge in [-0.1, -0.05) is 27.7 Å². The molecule has 1 spiro atoms. The highest BCUT2D eigenvalue weighted by molar-refractivity contribution is 6.74. The molecule has 5 aliphatic rings. The Morgan fingerprint density at radius 1 is 1.12 bits per heavy atom. The largest absolute Gasteiger partial charge is 0.504 e. The Hall–Kier alpha value is -1.98. The van der Waals surface area contributed by atoms with Crippen LogP contribution in [0.3, 0.4) is 0 Å². The maximum atomic E-state index is 14.3. The zero-order chi connectivity index (χ0) is 29.5. The number of aliphatic hydroxyl groups excluding tert-OH is 1. The van der Waals surface area contributed by atoms with E-state index in [9.17, 15) is 14.7 Å². The summed E-state index contributed by atoms with van der Waals surface area (Å²) in [6.45, 7) is 16.1. The molecule has 0 amide bonds. The van der Waals surface area contributed by atoms with E-state index in [2.05, 4.69) is 40.8 Å². The smallest absolute Gasteiger partial charge is 0.342 e. The number of allylic oxidation sites excluding steroid dienone is 1. The zero-order valence-corrected chi connectivity index (χ0v) is 26.3. The first-order chi connectivity index (χ1) is 18.6. The molecule has 1 saturated carbocycles. The molecule has 2 aliphatic heterocycles. The molecule has 0 aromatic rings. The van der Waals surface area contributed by atoms with Crippen LogP contribution in [0.15, 0.2) is 34.3 Å². The maximum Gasteiger partial charge on any atom is 0.342 e. The number of ether oxygens (including phenoxy) is 5. The van der Waals surface area contributed by atoms with Crippen molar-refractivity contribution in [3.8, 4) is 0 Å². The molecule has 40 heavy (non-hydrogen) atoms. The summed E-state index contributed by atoms with van der Waals surface area (Å²) in [5.74, 6) is -2.66. The summed E-state index contributed by atoms with van der Waals surface area (Å²) < 4.78 is 36.6. The Kier molecular flexibility index (Phi) is 7.02. The van der Waals surface area contributed by atoms with E-state index in [0.29, 0.717) is 38.0 Å². The molecule has 1 N–H and O–H groups in total. The van der Waals surface area contributed by atoms with Crippen LogP contribution in [0.4, 0.5) is 0 Å². The second-order valence-corrected chi connectivity index (χ2v) is 18.5. The predicted molar refractivity (Wildman–Crippen MR) is 149 cm³/mol. The molecule has 10 heteroatoms. The van der Waals surface area contributed by atoms with Crippen LogP contribution in [0.1, 0.15) is 53.9 Å². The first-order valence-corrected chi connectivity index (χ1v) is 17.1. The Morgan fingerprint density at radius 2 is 1.77 bits per heavy atom. The number of cyclic esters (lactones) is 1. The molecule has 0 aromatic heterocycles. The van der Waals surface area contributed by atoms with Crippen molar-refractivity contribution in [1.82, 2.24) is 0 Å². The lowest BCUT2D eigenvalue weighted by Crippen LogP contribution is -2.60. The Morgan fingerprint density at radius 3 is 2.35 bits per heavy atom. The van der Waals surface area contributed by atoms with Crippen molar-refractivity contribution in [2.24, 2.45) is 16.7 Å². The molecule has 3 aliphatic carbocycles. The van der Waals surface area contributed by atoms with Gasteiger partial charge < -0.3 is 33.2 Å². The fourth-order valence-electron chi connectivity index (χ4n) is 7.62. The van der Waals surface area contributed by atoms with Gasteiger partial charge in [0.15, 0.2) is 19.9 Å². The van der Waals surface area contributed by atoms with Crippen LogP contribution in [0, 0.1) is 16.7 Å². The number of hydrogen-bond donors (Lipinski definition) is 1. The minimum Gasteiger partial charge on any atom is -0.504 e. The van der Waals surface area contributed by atoms with Gasteiger partial charge in [0.05, 0.1) is 44.7 Å². The minimum atomic E-state index is -2.40. The molecule has 0 aromatic carbocycles. The molecule has 222 valence electrons. The summed E-state index contributed by atoms with van der Waals surface area (Å²) in [4.78, 5) is 27.5. The van der Waals surface area contributed by atoms with Crippen LogP contribution >= 0.6 is 0 Å². The fraction of sp³-hybridized carbons (Fsp3) is 0.733. The third-order valence-electron chi connectivity index (χ3n) is 10.7. The van der Waals surface area contributed by atoms with Crippen LogP contribution in [0.25, 0.3) is 0 Å². The molecular formula is C30H44O9Si. The highest BCUT2D eigenvalue weighted by Gasteiger charge is 2.69. The van der Waals surface area contributed by atoms with E-state index < -0.39 is 54.7 Å². The second kappa shape index (κ2) is 9.52. The Bertz CT molecular complexity index is 1200. The number of fused-ring (bicyclic) bond motifs is 5. The van der Waals surface area contributed by atoms with E-state index in [1.807, 2.05) is 6.92 Å². The van der Waals surface area contributed by atoms with E-state index in [1.54, 1.807) is 7.11 Å². The normalized spacial score (nSPS) is 36.6. The molecule has 0 bridgehead atoms. The lowest BCUT2D eigenvalue weighted by molar-refractivity contribution is -0.231. The molecule has 3 fully saturated rings. The van der Waals surface area contributed by atoms with Crippen molar-refractivity contribution < 1.29 is 42.8 Å². The van der Waals surface area contributed by atoms with Gasteiger partial charge in [0, 0.05) is 30.1 Å². The quantitative estimate of drug-likeness (QED) is 0.215. The van der Waals surface area contributed by atoms with Gasteiger partial charge in [0.1, 0.15) is 11.7 Å². The third kappa shape index (κ3) is 3.86. The van der Waals surface area contributed by atoms with Crippen LogP contribution in [0.2, 0.25) is 18.1 Å². The average Bonchev–Trinajstić information content (AvgIpc) is 3.45. The Balaban J connectivity index is 1.79. The molecule has 2 heterocycles. The zero-order valence-electron chi connectivity index (χ0n) is 25.3. The monoisotopic (exact) mass is 576 g/mol. The predicted octanol–water partition coefficient (Wildman–Crippen LogP) is 4.74.